The van der Waals surface area contributed by atoms with Crippen LogP contribution in [0.2, 0.25) is 0 Å². The lowest BCUT2D eigenvalue weighted by molar-refractivity contribution is -0.117. The Bertz CT molecular complexity index is 1010. The molecule has 1 unspecified atom stereocenters. The summed E-state index contributed by atoms with van der Waals surface area (Å²) in [6.07, 6.45) is 3.85. The Labute approximate surface area is 204 Å². The van der Waals surface area contributed by atoms with Crippen LogP contribution in [0.1, 0.15) is 40.6 Å². The zero-order chi connectivity index (χ0) is 23.9. The second kappa shape index (κ2) is 11.7. The van der Waals surface area contributed by atoms with E-state index in [4.69, 9.17) is 14.2 Å². The van der Waals surface area contributed by atoms with Gasteiger partial charge < -0.3 is 24.8 Å². The lowest BCUT2D eigenvalue weighted by Gasteiger charge is -2.30. The molecule has 1 aliphatic carbocycles. The number of carbonyl (C=O) groups is 2. The highest BCUT2D eigenvalue weighted by molar-refractivity contribution is 7.17. The normalized spacial score (nSPS) is 16.7. The highest BCUT2D eigenvalue weighted by Gasteiger charge is 2.27. The average Bonchev–Trinajstić information content (AvgIpc) is 3.21. The third kappa shape index (κ3) is 5.89. The summed E-state index contributed by atoms with van der Waals surface area (Å²) in [5.41, 5.74) is 1.70. The Morgan fingerprint density at radius 3 is 2.79 bits per heavy atom. The minimum atomic E-state index is -0.154. The highest BCUT2D eigenvalue weighted by atomic mass is 32.1. The third-order valence-electron chi connectivity index (χ3n) is 6.09. The molecule has 2 heterocycles. The van der Waals surface area contributed by atoms with E-state index >= 15 is 0 Å². The maximum atomic E-state index is 13.0. The number of nitrogens with one attached hydrogen (secondary N) is 2. The van der Waals surface area contributed by atoms with Gasteiger partial charge in [0.05, 0.1) is 18.7 Å². The second-order valence-corrected chi connectivity index (χ2v) is 9.64. The molecular weight excluding hydrogens is 454 g/mol. The molecule has 2 amide bonds. The number of fused-ring (bicyclic) bond motifs is 2. The standard InChI is InChI=1S/C25H33N3O5S/c1-3-28(14-17-16-32-19-9-5-6-10-20(19)33-17)15-22(29)27-25-23(24(30)26-12-13-31-2)18-8-4-7-11-21(18)34-25/h5-6,9-10,17H,3-4,7-8,11-16H2,1-2H3,(H,26,30)(H,27,29). The number of thiophene rings is 1. The van der Waals surface area contributed by atoms with Gasteiger partial charge in [0.15, 0.2) is 11.5 Å². The Morgan fingerprint density at radius 1 is 1.21 bits per heavy atom. The summed E-state index contributed by atoms with van der Waals surface area (Å²) in [4.78, 5) is 29.2. The highest BCUT2D eigenvalue weighted by Crippen LogP contribution is 2.38. The molecule has 0 radical (unpaired) electrons. The SMILES string of the molecule is CCN(CC(=O)Nc1sc2c(c1C(=O)NCCOC)CCCC2)CC1COc2ccccc2O1. The molecule has 1 aromatic carbocycles. The van der Waals surface area contributed by atoms with Crippen molar-refractivity contribution < 1.29 is 23.8 Å². The quantitative estimate of drug-likeness (QED) is 0.501. The first kappa shape index (κ1) is 24.5. The van der Waals surface area contributed by atoms with E-state index in [2.05, 4.69) is 10.6 Å². The number of methoxy groups -OCH3 is 1. The van der Waals surface area contributed by atoms with Gasteiger partial charge in [-0.15, -0.1) is 11.3 Å². The molecule has 0 bridgehead atoms. The van der Waals surface area contributed by atoms with E-state index in [1.54, 1.807) is 7.11 Å². The average molecular weight is 488 g/mol. The van der Waals surface area contributed by atoms with Crippen molar-refractivity contribution in [2.24, 2.45) is 0 Å². The maximum Gasteiger partial charge on any atom is 0.254 e. The van der Waals surface area contributed by atoms with Crippen molar-refractivity contribution in [3.8, 4) is 11.5 Å². The Hall–Kier alpha value is -2.62. The van der Waals surface area contributed by atoms with Gasteiger partial charge in [-0.25, -0.2) is 0 Å². The number of amides is 2. The molecule has 0 saturated heterocycles. The minimum Gasteiger partial charge on any atom is -0.486 e. The molecule has 2 aromatic rings. The van der Waals surface area contributed by atoms with Crippen molar-refractivity contribution in [3.05, 3.63) is 40.3 Å². The van der Waals surface area contributed by atoms with E-state index in [9.17, 15) is 9.59 Å². The number of rotatable bonds is 10. The van der Waals surface area contributed by atoms with Crippen LogP contribution in [0, 0.1) is 0 Å². The van der Waals surface area contributed by atoms with Crippen LogP contribution in [0.5, 0.6) is 11.5 Å². The molecular formula is C25H33N3O5S. The van der Waals surface area contributed by atoms with E-state index in [0.717, 1.165) is 42.7 Å². The fraction of sp³-hybridized carbons (Fsp3) is 0.520. The lowest BCUT2D eigenvalue weighted by Crippen LogP contribution is -2.43. The minimum absolute atomic E-state index is 0.136. The molecule has 1 aromatic heterocycles. The first-order valence-electron chi connectivity index (χ1n) is 11.9. The molecule has 2 N–H and O–H groups in total. The largest absolute Gasteiger partial charge is 0.486 e. The van der Waals surface area contributed by atoms with Crippen LogP contribution in [0.15, 0.2) is 24.3 Å². The van der Waals surface area contributed by atoms with E-state index in [1.165, 1.54) is 16.2 Å². The van der Waals surface area contributed by atoms with Gasteiger partial charge in [-0.3, -0.25) is 14.5 Å². The number of carbonyl (C=O) groups excluding carboxylic acids is 2. The van der Waals surface area contributed by atoms with Gasteiger partial charge in [0.1, 0.15) is 17.7 Å². The Balaban J connectivity index is 1.39. The van der Waals surface area contributed by atoms with Crippen LogP contribution in [0.3, 0.4) is 0 Å². The predicted molar refractivity (Wildman–Crippen MR) is 132 cm³/mol. The molecule has 9 heteroatoms. The van der Waals surface area contributed by atoms with Gasteiger partial charge in [-0.1, -0.05) is 19.1 Å². The molecule has 4 rings (SSSR count). The smallest absolute Gasteiger partial charge is 0.254 e. The monoisotopic (exact) mass is 487 g/mol. The van der Waals surface area contributed by atoms with Crippen LogP contribution in [0.25, 0.3) is 0 Å². The number of para-hydroxylation sites is 2. The number of anilines is 1. The fourth-order valence-electron chi connectivity index (χ4n) is 4.36. The van der Waals surface area contributed by atoms with Crippen molar-refractivity contribution >= 4 is 28.2 Å². The van der Waals surface area contributed by atoms with Crippen LogP contribution in [-0.4, -0.2) is 69.3 Å². The van der Waals surface area contributed by atoms with Gasteiger partial charge >= 0.3 is 0 Å². The van der Waals surface area contributed by atoms with Gasteiger partial charge in [-0.2, -0.15) is 0 Å². The van der Waals surface area contributed by atoms with Crippen molar-refractivity contribution in [1.82, 2.24) is 10.2 Å². The molecule has 1 aliphatic heterocycles. The van der Waals surface area contributed by atoms with E-state index in [-0.39, 0.29) is 24.5 Å². The summed E-state index contributed by atoms with van der Waals surface area (Å²) in [6.45, 7) is 4.82. The molecule has 0 spiro atoms. The van der Waals surface area contributed by atoms with Gasteiger partial charge in [-0.05, 0) is 49.9 Å². The van der Waals surface area contributed by atoms with Crippen LogP contribution >= 0.6 is 11.3 Å². The molecule has 8 nitrogen and oxygen atoms in total. The molecule has 1 atom stereocenters. The van der Waals surface area contributed by atoms with Gasteiger partial charge in [0.2, 0.25) is 5.91 Å². The van der Waals surface area contributed by atoms with Gasteiger partial charge in [0, 0.05) is 25.1 Å². The molecule has 2 aliphatic rings. The van der Waals surface area contributed by atoms with Crippen LogP contribution < -0.4 is 20.1 Å². The molecule has 0 fully saturated rings. The Kier molecular flexibility index (Phi) is 8.42. The lowest BCUT2D eigenvalue weighted by atomic mass is 9.95. The van der Waals surface area contributed by atoms with E-state index in [1.807, 2.05) is 36.1 Å². The number of hydrogen-bond donors (Lipinski definition) is 2. The van der Waals surface area contributed by atoms with Crippen LogP contribution in [0.4, 0.5) is 5.00 Å². The number of likely N-dealkylation sites (N-methyl/N-ethyl adjacent to an activating group) is 1. The summed E-state index contributed by atoms with van der Waals surface area (Å²) in [7, 11) is 1.60. The zero-order valence-corrected chi connectivity index (χ0v) is 20.7. The number of ether oxygens (including phenoxy) is 3. The number of aryl methyl sites for hydroxylation is 1. The first-order valence-corrected chi connectivity index (χ1v) is 12.7. The summed E-state index contributed by atoms with van der Waals surface area (Å²) >= 11 is 1.53. The van der Waals surface area contributed by atoms with Gasteiger partial charge in [0.25, 0.3) is 5.91 Å². The summed E-state index contributed by atoms with van der Waals surface area (Å²) in [5.74, 6) is 1.19. The van der Waals surface area contributed by atoms with Crippen molar-refractivity contribution in [2.45, 2.75) is 38.7 Å². The second-order valence-electron chi connectivity index (χ2n) is 8.54. The summed E-state index contributed by atoms with van der Waals surface area (Å²) in [6, 6.07) is 7.61. The maximum absolute atomic E-state index is 13.0. The van der Waals surface area contributed by atoms with E-state index in [0.29, 0.717) is 43.4 Å². The van der Waals surface area contributed by atoms with Crippen molar-refractivity contribution in [1.29, 1.82) is 0 Å². The van der Waals surface area contributed by atoms with E-state index < -0.39 is 0 Å². The number of nitrogens with zero attached hydrogens (tertiary/aromatic N) is 1. The first-order chi connectivity index (χ1) is 16.6. The number of hydrogen-bond acceptors (Lipinski definition) is 7. The predicted octanol–water partition coefficient (Wildman–Crippen LogP) is 3.10. The third-order valence-corrected chi connectivity index (χ3v) is 7.29. The topological polar surface area (TPSA) is 89.1 Å². The summed E-state index contributed by atoms with van der Waals surface area (Å²) in [5, 5.41) is 6.59. The Morgan fingerprint density at radius 2 is 2.00 bits per heavy atom. The van der Waals surface area contributed by atoms with Crippen molar-refractivity contribution in [3.63, 3.8) is 0 Å². The zero-order valence-electron chi connectivity index (χ0n) is 19.9. The fourth-order valence-corrected chi connectivity index (χ4v) is 5.67. The molecule has 0 saturated carbocycles. The van der Waals surface area contributed by atoms with Crippen LogP contribution in [-0.2, 0) is 22.4 Å². The van der Waals surface area contributed by atoms with Crippen molar-refractivity contribution in [2.75, 3.05) is 51.8 Å². The number of benzene rings is 1. The summed E-state index contributed by atoms with van der Waals surface area (Å²) < 4.78 is 16.9. The molecule has 184 valence electrons. The molecule has 34 heavy (non-hydrogen) atoms.